The number of methoxy groups -OCH3 is 1. The first-order chi connectivity index (χ1) is 13.0. The van der Waals surface area contributed by atoms with Crippen molar-refractivity contribution in [3.05, 3.63) is 53.5 Å². The van der Waals surface area contributed by atoms with Crippen molar-refractivity contribution >= 4 is 11.8 Å². The molecule has 1 aliphatic heterocycles. The molecule has 1 aromatic carbocycles. The van der Waals surface area contributed by atoms with Crippen LogP contribution < -0.4 is 15.4 Å². The number of nitrogens with zero attached hydrogens (tertiary/aromatic N) is 1. The van der Waals surface area contributed by atoms with Crippen LogP contribution in [0, 0.1) is 6.92 Å². The Bertz CT molecular complexity index is 802. The summed E-state index contributed by atoms with van der Waals surface area (Å²) in [6.45, 7) is 4.02. The average molecular weight is 371 g/mol. The molecule has 1 unspecified atom stereocenters. The molecule has 2 aromatic rings. The summed E-state index contributed by atoms with van der Waals surface area (Å²) in [7, 11) is 1.63. The molecule has 144 valence electrons. The third-order valence-electron chi connectivity index (χ3n) is 4.60. The van der Waals surface area contributed by atoms with E-state index in [9.17, 15) is 9.59 Å². The molecule has 1 saturated heterocycles. The van der Waals surface area contributed by atoms with Crippen LogP contribution in [0.25, 0.3) is 0 Å². The van der Waals surface area contributed by atoms with Crippen molar-refractivity contribution in [2.24, 2.45) is 0 Å². The Balaban J connectivity index is 1.61. The van der Waals surface area contributed by atoms with Crippen molar-refractivity contribution in [2.75, 3.05) is 20.2 Å². The number of furan rings is 1. The number of carbonyl (C=O) groups is 2. The topological polar surface area (TPSA) is 83.8 Å². The SMILES string of the molecule is COc1cccc(CN2CCNC(=O)C2CC(=O)NCc2ccc(C)o2)c1. The third-order valence-corrected chi connectivity index (χ3v) is 4.60. The summed E-state index contributed by atoms with van der Waals surface area (Å²) in [5.74, 6) is 1.98. The van der Waals surface area contributed by atoms with Crippen molar-refractivity contribution in [1.29, 1.82) is 0 Å². The van der Waals surface area contributed by atoms with Gasteiger partial charge in [0.2, 0.25) is 11.8 Å². The minimum absolute atomic E-state index is 0.107. The van der Waals surface area contributed by atoms with Crippen molar-refractivity contribution in [2.45, 2.75) is 32.5 Å². The van der Waals surface area contributed by atoms with Crippen LogP contribution in [0.5, 0.6) is 5.75 Å². The first-order valence-electron chi connectivity index (χ1n) is 9.02. The standard InChI is InChI=1S/C20H25N3O4/c1-14-6-7-17(27-14)12-22-19(24)11-18-20(25)21-8-9-23(18)13-15-4-3-5-16(10-15)26-2/h3-7,10,18H,8-9,11-13H2,1-2H3,(H,21,25)(H,22,24). The Kier molecular flexibility index (Phi) is 6.13. The first-order valence-corrected chi connectivity index (χ1v) is 9.02. The summed E-state index contributed by atoms with van der Waals surface area (Å²) >= 11 is 0. The van der Waals surface area contributed by atoms with Crippen LogP contribution in [0.3, 0.4) is 0 Å². The van der Waals surface area contributed by atoms with Crippen LogP contribution in [0.1, 0.15) is 23.5 Å². The number of amides is 2. The number of aryl methyl sites for hydroxylation is 1. The number of nitrogens with one attached hydrogen (secondary N) is 2. The van der Waals surface area contributed by atoms with Crippen LogP contribution in [0.2, 0.25) is 0 Å². The molecular formula is C20H25N3O4. The monoisotopic (exact) mass is 371 g/mol. The molecule has 2 N–H and O–H groups in total. The number of piperazine rings is 1. The normalized spacial score (nSPS) is 17.4. The molecule has 7 nitrogen and oxygen atoms in total. The van der Waals surface area contributed by atoms with Gasteiger partial charge in [0, 0.05) is 19.6 Å². The fourth-order valence-electron chi connectivity index (χ4n) is 3.19. The van der Waals surface area contributed by atoms with E-state index in [1.165, 1.54) is 0 Å². The lowest BCUT2D eigenvalue weighted by Gasteiger charge is -2.34. The summed E-state index contributed by atoms with van der Waals surface area (Å²) in [5.41, 5.74) is 1.04. The van der Waals surface area contributed by atoms with E-state index in [1.54, 1.807) is 7.11 Å². The predicted molar refractivity (Wildman–Crippen MR) is 100 cm³/mol. The van der Waals surface area contributed by atoms with Crippen molar-refractivity contribution in [3.63, 3.8) is 0 Å². The van der Waals surface area contributed by atoms with Gasteiger partial charge < -0.3 is 19.8 Å². The highest BCUT2D eigenvalue weighted by molar-refractivity contribution is 5.88. The Morgan fingerprint density at radius 1 is 1.37 bits per heavy atom. The van der Waals surface area contributed by atoms with Crippen LogP contribution in [0.15, 0.2) is 40.8 Å². The predicted octanol–water partition coefficient (Wildman–Crippen LogP) is 1.60. The molecule has 0 spiro atoms. The zero-order valence-electron chi connectivity index (χ0n) is 15.7. The molecule has 1 fully saturated rings. The van der Waals surface area contributed by atoms with Crippen molar-refractivity contribution in [3.8, 4) is 5.75 Å². The molecule has 3 rings (SSSR count). The van der Waals surface area contributed by atoms with E-state index < -0.39 is 6.04 Å². The lowest BCUT2D eigenvalue weighted by atomic mass is 10.1. The fourth-order valence-corrected chi connectivity index (χ4v) is 3.19. The highest BCUT2D eigenvalue weighted by Gasteiger charge is 2.31. The number of hydrogen-bond acceptors (Lipinski definition) is 5. The molecule has 1 atom stereocenters. The minimum atomic E-state index is -0.497. The second kappa shape index (κ2) is 8.73. The van der Waals surface area contributed by atoms with Gasteiger partial charge in [-0.3, -0.25) is 14.5 Å². The number of benzene rings is 1. The van der Waals surface area contributed by atoms with Gasteiger partial charge in [-0.1, -0.05) is 12.1 Å². The maximum atomic E-state index is 12.4. The van der Waals surface area contributed by atoms with E-state index in [1.807, 2.05) is 48.2 Å². The summed E-state index contributed by atoms with van der Waals surface area (Å²) < 4.78 is 10.7. The summed E-state index contributed by atoms with van der Waals surface area (Å²) in [6, 6.07) is 10.9. The highest BCUT2D eigenvalue weighted by atomic mass is 16.5. The Morgan fingerprint density at radius 2 is 2.22 bits per heavy atom. The van der Waals surface area contributed by atoms with Gasteiger partial charge in [0.05, 0.1) is 26.1 Å². The maximum absolute atomic E-state index is 12.4. The van der Waals surface area contributed by atoms with Crippen LogP contribution >= 0.6 is 0 Å². The largest absolute Gasteiger partial charge is 0.497 e. The van der Waals surface area contributed by atoms with Crippen LogP contribution in [0.4, 0.5) is 0 Å². The van der Waals surface area contributed by atoms with Crippen molar-refractivity contribution < 1.29 is 18.7 Å². The van der Waals surface area contributed by atoms with Gasteiger partial charge in [0.25, 0.3) is 0 Å². The highest BCUT2D eigenvalue weighted by Crippen LogP contribution is 2.18. The molecule has 27 heavy (non-hydrogen) atoms. The Morgan fingerprint density at radius 3 is 2.96 bits per heavy atom. The Labute approximate surface area is 158 Å². The minimum Gasteiger partial charge on any atom is -0.497 e. The molecule has 7 heteroatoms. The van der Waals surface area contributed by atoms with E-state index in [2.05, 4.69) is 10.6 Å². The summed E-state index contributed by atoms with van der Waals surface area (Å²) in [6.07, 6.45) is 0.107. The van der Waals surface area contributed by atoms with Crippen molar-refractivity contribution in [1.82, 2.24) is 15.5 Å². The van der Waals surface area contributed by atoms with Gasteiger partial charge in [-0.2, -0.15) is 0 Å². The molecule has 2 amide bonds. The number of ether oxygens (including phenoxy) is 1. The molecule has 0 radical (unpaired) electrons. The van der Waals surface area contributed by atoms with E-state index >= 15 is 0 Å². The quantitative estimate of drug-likeness (QED) is 0.772. The number of rotatable bonds is 7. The fraction of sp³-hybridized carbons (Fsp3) is 0.400. The third kappa shape index (κ3) is 5.10. The van der Waals surface area contributed by atoms with Crippen LogP contribution in [-0.4, -0.2) is 43.0 Å². The van der Waals surface area contributed by atoms with Gasteiger partial charge in [-0.15, -0.1) is 0 Å². The second-order valence-corrected chi connectivity index (χ2v) is 6.62. The second-order valence-electron chi connectivity index (χ2n) is 6.62. The van der Waals surface area contributed by atoms with E-state index in [0.717, 1.165) is 17.1 Å². The lowest BCUT2D eigenvalue weighted by Crippen LogP contribution is -2.56. The molecule has 0 saturated carbocycles. The zero-order valence-corrected chi connectivity index (χ0v) is 15.7. The lowest BCUT2D eigenvalue weighted by molar-refractivity contribution is -0.134. The number of hydrogen-bond donors (Lipinski definition) is 2. The average Bonchev–Trinajstić information content (AvgIpc) is 3.08. The molecule has 2 heterocycles. The van der Waals surface area contributed by atoms with E-state index in [-0.39, 0.29) is 18.2 Å². The smallest absolute Gasteiger partial charge is 0.237 e. The van der Waals surface area contributed by atoms with Gasteiger partial charge in [0.15, 0.2) is 0 Å². The zero-order chi connectivity index (χ0) is 19.2. The molecule has 1 aromatic heterocycles. The van der Waals surface area contributed by atoms with Gasteiger partial charge >= 0.3 is 0 Å². The Hall–Kier alpha value is -2.80. The summed E-state index contributed by atoms with van der Waals surface area (Å²) in [5, 5.41) is 5.67. The maximum Gasteiger partial charge on any atom is 0.237 e. The summed E-state index contributed by atoms with van der Waals surface area (Å²) in [4.78, 5) is 26.7. The van der Waals surface area contributed by atoms with E-state index in [4.69, 9.17) is 9.15 Å². The first kappa shape index (κ1) is 19.0. The molecular weight excluding hydrogens is 346 g/mol. The number of carbonyl (C=O) groups excluding carboxylic acids is 2. The van der Waals surface area contributed by atoms with Crippen LogP contribution in [-0.2, 0) is 22.7 Å². The van der Waals surface area contributed by atoms with E-state index in [0.29, 0.717) is 31.9 Å². The van der Waals surface area contributed by atoms with Gasteiger partial charge in [-0.25, -0.2) is 0 Å². The molecule has 0 aliphatic carbocycles. The molecule has 1 aliphatic rings. The van der Waals surface area contributed by atoms with Gasteiger partial charge in [-0.05, 0) is 36.8 Å². The van der Waals surface area contributed by atoms with Gasteiger partial charge in [0.1, 0.15) is 17.3 Å². The molecule has 0 bridgehead atoms.